The predicted molar refractivity (Wildman–Crippen MR) is 107 cm³/mol. The lowest BCUT2D eigenvalue weighted by molar-refractivity contribution is -0.384. The smallest absolute Gasteiger partial charge is 0.269 e. The molecule has 2 N–H and O–H groups in total. The van der Waals surface area contributed by atoms with Crippen LogP contribution in [-0.4, -0.2) is 22.8 Å². The molecule has 148 valence electrons. The largest absolute Gasteiger partial charge is 0.350 e. The molecule has 0 aliphatic rings. The highest BCUT2D eigenvalue weighted by Gasteiger charge is 2.23. The number of nitrogens with zero attached hydrogens (tertiary/aromatic N) is 1. The van der Waals surface area contributed by atoms with E-state index in [-0.39, 0.29) is 30.0 Å². The van der Waals surface area contributed by atoms with Crippen LogP contribution in [0.15, 0.2) is 48.5 Å². The fourth-order valence-electron chi connectivity index (χ4n) is 2.81. The van der Waals surface area contributed by atoms with Crippen LogP contribution in [0.2, 0.25) is 0 Å². The van der Waals surface area contributed by atoms with Crippen molar-refractivity contribution < 1.29 is 14.5 Å². The van der Waals surface area contributed by atoms with E-state index in [2.05, 4.69) is 10.6 Å². The Bertz CT molecular complexity index is 847. The minimum Gasteiger partial charge on any atom is -0.350 e. The average Bonchev–Trinajstić information content (AvgIpc) is 2.65. The molecule has 0 bridgehead atoms. The van der Waals surface area contributed by atoms with Gasteiger partial charge < -0.3 is 10.6 Å². The first-order chi connectivity index (χ1) is 13.3. The number of rotatable bonds is 8. The van der Waals surface area contributed by atoms with Gasteiger partial charge in [0.25, 0.3) is 11.6 Å². The summed E-state index contributed by atoms with van der Waals surface area (Å²) in [6.07, 6.45) is 0.504. The molecule has 0 spiro atoms. The molecule has 0 fully saturated rings. The van der Waals surface area contributed by atoms with Gasteiger partial charge in [-0.05, 0) is 36.5 Å². The summed E-state index contributed by atoms with van der Waals surface area (Å²) < 4.78 is 0. The van der Waals surface area contributed by atoms with Crippen LogP contribution in [0.1, 0.15) is 41.8 Å². The lowest BCUT2D eigenvalue weighted by atomic mass is 10.0. The molecule has 0 heterocycles. The van der Waals surface area contributed by atoms with Crippen LogP contribution < -0.4 is 10.6 Å². The SMILES string of the molecule is Cc1ccccc1C(=O)NC(CC(C)C)C(=O)NCc1ccc([N+](=O)[O-])cc1. The second kappa shape index (κ2) is 9.64. The van der Waals surface area contributed by atoms with Gasteiger partial charge in [-0.2, -0.15) is 0 Å². The summed E-state index contributed by atoms with van der Waals surface area (Å²) in [7, 11) is 0. The minimum atomic E-state index is -0.662. The molecule has 0 aliphatic heterocycles. The summed E-state index contributed by atoms with van der Waals surface area (Å²) in [5.74, 6) is -0.351. The van der Waals surface area contributed by atoms with Gasteiger partial charge >= 0.3 is 0 Å². The molecule has 28 heavy (non-hydrogen) atoms. The van der Waals surface area contributed by atoms with E-state index >= 15 is 0 Å². The second-order valence-corrected chi connectivity index (χ2v) is 7.11. The van der Waals surface area contributed by atoms with Gasteiger partial charge in [0.2, 0.25) is 5.91 Å². The molecule has 0 saturated heterocycles. The lowest BCUT2D eigenvalue weighted by Gasteiger charge is -2.20. The summed E-state index contributed by atoms with van der Waals surface area (Å²) in [6.45, 7) is 6.04. The Kier molecular flexibility index (Phi) is 7.26. The van der Waals surface area contributed by atoms with Gasteiger partial charge in [0.05, 0.1) is 4.92 Å². The van der Waals surface area contributed by atoms with Crippen molar-refractivity contribution in [3.8, 4) is 0 Å². The maximum Gasteiger partial charge on any atom is 0.269 e. The van der Waals surface area contributed by atoms with E-state index in [0.717, 1.165) is 11.1 Å². The van der Waals surface area contributed by atoms with Crippen LogP contribution in [0.25, 0.3) is 0 Å². The van der Waals surface area contributed by atoms with Gasteiger partial charge in [-0.25, -0.2) is 0 Å². The maximum atomic E-state index is 12.6. The van der Waals surface area contributed by atoms with Crippen molar-refractivity contribution >= 4 is 17.5 Å². The molecule has 1 unspecified atom stereocenters. The molecular weight excluding hydrogens is 358 g/mol. The average molecular weight is 383 g/mol. The van der Waals surface area contributed by atoms with Gasteiger partial charge in [0.1, 0.15) is 6.04 Å². The topological polar surface area (TPSA) is 101 Å². The van der Waals surface area contributed by atoms with E-state index in [1.54, 1.807) is 24.3 Å². The van der Waals surface area contributed by atoms with Crippen LogP contribution in [0.4, 0.5) is 5.69 Å². The van der Waals surface area contributed by atoms with E-state index in [1.807, 2.05) is 32.9 Å². The molecular formula is C21H25N3O4. The Morgan fingerprint density at radius 2 is 1.71 bits per heavy atom. The molecule has 0 aliphatic carbocycles. The monoisotopic (exact) mass is 383 g/mol. The summed E-state index contributed by atoms with van der Waals surface area (Å²) >= 11 is 0. The number of hydrogen-bond acceptors (Lipinski definition) is 4. The first-order valence-corrected chi connectivity index (χ1v) is 9.15. The van der Waals surface area contributed by atoms with Crippen molar-refractivity contribution in [2.24, 2.45) is 5.92 Å². The minimum absolute atomic E-state index is 0.00162. The Morgan fingerprint density at radius 1 is 1.07 bits per heavy atom. The Morgan fingerprint density at radius 3 is 2.29 bits per heavy atom. The summed E-state index contributed by atoms with van der Waals surface area (Å²) in [5.41, 5.74) is 2.12. The number of non-ortho nitro benzene ring substituents is 1. The summed E-state index contributed by atoms with van der Waals surface area (Å²) in [4.78, 5) is 35.5. The number of carbonyl (C=O) groups excluding carboxylic acids is 2. The number of nitro benzene ring substituents is 1. The Hall–Kier alpha value is -3.22. The standard InChI is InChI=1S/C21H25N3O4/c1-14(2)12-19(23-20(25)18-7-5-4-6-15(18)3)21(26)22-13-16-8-10-17(11-9-16)24(27)28/h4-11,14,19H,12-13H2,1-3H3,(H,22,26)(H,23,25). The second-order valence-electron chi connectivity index (χ2n) is 7.11. The van der Waals surface area contributed by atoms with E-state index in [4.69, 9.17) is 0 Å². The van der Waals surface area contributed by atoms with E-state index in [1.165, 1.54) is 12.1 Å². The fourth-order valence-corrected chi connectivity index (χ4v) is 2.81. The van der Waals surface area contributed by atoms with Crippen LogP contribution >= 0.6 is 0 Å². The van der Waals surface area contributed by atoms with Gasteiger partial charge in [-0.15, -0.1) is 0 Å². The number of nitro groups is 1. The van der Waals surface area contributed by atoms with E-state index < -0.39 is 11.0 Å². The molecule has 0 aromatic heterocycles. The number of nitrogens with one attached hydrogen (secondary N) is 2. The van der Waals surface area contributed by atoms with Crippen LogP contribution in [0.3, 0.4) is 0 Å². The fraction of sp³-hybridized carbons (Fsp3) is 0.333. The maximum absolute atomic E-state index is 12.6. The van der Waals surface area contributed by atoms with Crippen molar-refractivity contribution in [1.82, 2.24) is 10.6 Å². The molecule has 1 atom stereocenters. The third kappa shape index (κ3) is 5.90. The Balaban J connectivity index is 2.03. The predicted octanol–water partition coefficient (Wildman–Crippen LogP) is 3.36. The van der Waals surface area contributed by atoms with Gasteiger partial charge in [-0.1, -0.05) is 44.2 Å². The first-order valence-electron chi connectivity index (χ1n) is 9.15. The number of hydrogen-bond donors (Lipinski definition) is 2. The number of aryl methyl sites for hydroxylation is 1. The van der Waals surface area contributed by atoms with Crippen molar-refractivity contribution in [2.45, 2.75) is 39.8 Å². The molecule has 0 saturated carbocycles. The summed E-state index contributed by atoms with van der Waals surface area (Å²) in [5, 5.41) is 16.3. The van der Waals surface area contributed by atoms with Crippen LogP contribution in [0.5, 0.6) is 0 Å². The lowest BCUT2D eigenvalue weighted by Crippen LogP contribution is -2.47. The molecule has 2 aromatic rings. The molecule has 0 radical (unpaired) electrons. The molecule has 2 aromatic carbocycles. The zero-order chi connectivity index (χ0) is 20.7. The highest BCUT2D eigenvalue weighted by molar-refractivity contribution is 5.98. The molecule has 2 rings (SSSR count). The third-order valence-corrected chi connectivity index (χ3v) is 4.33. The van der Waals surface area contributed by atoms with E-state index in [0.29, 0.717) is 12.0 Å². The van der Waals surface area contributed by atoms with Crippen molar-refractivity contribution in [2.75, 3.05) is 0 Å². The normalized spacial score (nSPS) is 11.7. The van der Waals surface area contributed by atoms with Crippen molar-refractivity contribution in [3.05, 3.63) is 75.3 Å². The molecule has 7 nitrogen and oxygen atoms in total. The highest BCUT2D eigenvalue weighted by atomic mass is 16.6. The van der Waals surface area contributed by atoms with Crippen molar-refractivity contribution in [3.63, 3.8) is 0 Å². The quantitative estimate of drug-likeness (QED) is 0.539. The number of carbonyl (C=O) groups is 2. The van der Waals surface area contributed by atoms with Crippen molar-refractivity contribution in [1.29, 1.82) is 0 Å². The van der Waals surface area contributed by atoms with Gasteiger partial charge in [-0.3, -0.25) is 19.7 Å². The summed E-state index contributed by atoms with van der Waals surface area (Å²) in [6, 6.07) is 12.5. The highest BCUT2D eigenvalue weighted by Crippen LogP contribution is 2.13. The van der Waals surface area contributed by atoms with Gasteiger partial charge in [0, 0.05) is 24.2 Å². The van der Waals surface area contributed by atoms with E-state index in [9.17, 15) is 19.7 Å². The van der Waals surface area contributed by atoms with Crippen LogP contribution in [0, 0.1) is 23.0 Å². The Labute approximate surface area is 164 Å². The zero-order valence-electron chi connectivity index (χ0n) is 16.3. The number of amides is 2. The van der Waals surface area contributed by atoms with Gasteiger partial charge in [0.15, 0.2) is 0 Å². The van der Waals surface area contributed by atoms with Crippen LogP contribution in [-0.2, 0) is 11.3 Å². The molecule has 2 amide bonds. The molecule has 7 heteroatoms. The third-order valence-electron chi connectivity index (χ3n) is 4.33. The number of benzene rings is 2. The zero-order valence-corrected chi connectivity index (χ0v) is 16.3. The first kappa shape index (κ1) is 21.1.